The van der Waals surface area contributed by atoms with Crippen LogP contribution in [0, 0.1) is 23.7 Å². The Hall–Kier alpha value is -3.92. The molecule has 342 valence electrons. The van der Waals surface area contributed by atoms with E-state index in [2.05, 4.69) is 126 Å². The molecule has 2 aliphatic rings. The number of hydrogen-bond acceptors (Lipinski definition) is 9. The molecule has 0 aliphatic carbocycles. The maximum atomic E-state index is 11.1. The molecular weight excluding hydrogens is 1040 g/mol. The molecule has 8 nitrogen and oxygen atoms in total. The number of carbonyl (C=O) groups is 2. The maximum Gasteiger partial charge on any atom is 2.00 e. The molecule has 0 saturated carbocycles. The second kappa shape index (κ2) is 26.2. The number of carbonyl (C=O) groups excluding carboxylic acids is 1. The summed E-state index contributed by atoms with van der Waals surface area (Å²) in [5, 5.41) is 20.1. The number of hydrogen-bond donors (Lipinski definition) is 1. The predicted octanol–water partition coefficient (Wildman–Crippen LogP) is 10.9. The Labute approximate surface area is 450 Å². The van der Waals surface area contributed by atoms with Gasteiger partial charge in [0.2, 0.25) is 0 Å². The number of benzene rings is 4. The van der Waals surface area contributed by atoms with Gasteiger partial charge in [-0.1, -0.05) is 84.6 Å². The van der Waals surface area contributed by atoms with Gasteiger partial charge in [-0.2, -0.15) is 0 Å². The number of halogens is 2. The first-order valence-corrected chi connectivity index (χ1v) is 25.1. The van der Waals surface area contributed by atoms with Crippen molar-refractivity contribution in [3.63, 3.8) is 0 Å². The van der Waals surface area contributed by atoms with E-state index in [0.717, 1.165) is 85.9 Å². The van der Waals surface area contributed by atoms with Crippen molar-refractivity contribution in [3.05, 3.63) is 171 Å². The molecule has 67 heavy (non-hydrogen) atoms. The van der Waals surface area contributed by atoms with Crippen LogP contribution in [0.2, 0.25) is 0 Å². The summed E-state index contributed by atoms with van der Waals surface area (Å²) >= 11 is 10.9. The van der Waals surface area contributed by atoms with Crippen LogP contribution in [0.15, 0.2) is 117 Å². The summed E-state index contributed by atoms with van der Waals surface area (Å²) in [6.45, 7) is 10.4. The van der Waals surface area contributed by atoms with Gasteiger partial charge in [-0.25, -0.2) is 0 Å². The second-order valence-electron chi connectivity index (χ2n) is 16.3. The molecule has 0 amide bonds. The van der Waals surface area contributed by atoms with Gasteiger partial charge < -0.3 is 25.9 Å². The largest absolute Gasteiger partial charge is 2.00 e. The quantitative estimate of drug-likeness (QED) is 0.0755. The summed E-state index contributed by atoms with van der Waals surface area (Å²) in [5.41, 5.74) is 9.46. The molecule has 2 aliphatic heterocycles. The van der Waals surface area contributed by atoms with E-state index in [4.69, 9.17) is 14.6 Å². The van der Waals surface area contributed by atoms with Crippen LogP contribution in [0.4, 0.5) is 0 Å². The fourth-order valence-electron chi connectivity index (χ4n) is 8.25. The Morgan fingerprint density at radius 1 is 0.672 bits per heavy atom. The molecule has 0 fully saturated rings. The van der Waals surface area contributed by atoms with Crippen molar-refractivity contribution in [2.45, 2.75) is 90.8 Å². The number of nitrogens with zero attached hydrogens (tertiary/aromatic N) is 2. The number of fused-ring (bicyclic) bond motifs is 2. The molecule has 2 atom stereocenters. The van der Waals surface area contributed by atoms with E-state index in [-0.39, 0.29) is 63.8 Å². The molecule has 0 spiro atoms. The van der Waals surface area contributed by atoms with Crippen LogP contribution in [0.5, 0.6) is 11.5 Å². The SMILES string of the molecule is CC#C[C@@H](CC(=O)O)c1ccc(OCc2cccc(CN3CCc4sc(Br)cc4C3)c2)cc1.CC#C[C@@H](CC(=O)[O-])c1ccc(OCc2cccc(CN3CCc4sc(Br)cc4C3)c2)cc1.[Ca+2].[H-]. The standard InChI is InChI=1S/2C27H26BrNO3S.Ca.H/c2*1-2-4-22(15-27(30)31)21-7-9-24(10-8-21)32-18-20-6-3-5-19(13-20)16-29-12-11-25-23(17-29)14-26(28)33-25;;/h2*3,5-10,13-14,22H,11-12,15-18H2,1H3,(H,30,31);;/q;;+2;-1/p-1/t2*22-;;/m00../s1. The van der Waals surface area contributed by atoms with E-state index >= 15 is 0 Å². The fraction of sp³-hybridized carbons (Fsp3) is 0.296. The third-order valence-corrected chi connectivity index (χ3v) is 14.9. The third kappa shape index (κ3) is 16.1. The topological polar surface area (TPSA) is 102 Å². The summed E-state index contributed by atoms with van der Waals surface area (Å²) in [6.07, 6.45) is 2.10. The number of ether oxygens (including phenoxy) is 2. The van der Waals surface area contributed by atoms with Gasteiger partial charge in [0.1, 0.15) is 24.7 Å². The minimum atomic E-state index is -1.10. The molecule has 0 radical (unpaired) electrons. The normalized spacial score (nSPS) is 13.9. The zero-order valence-electron chi connectivity index (χ0n) is 38.7. The molecule has 6 aromatic rings. The fourth-order valence-corrected chi connectivity index (χ4v) is 11.7. The van der Waals surface area contributed by atoms with E-state index < -0.39 is 11.9 Å². The monoisotopic (exact) mass is 1090 g/mol. The van der Waals surface area contributed by atoms with Gasteiger partial charge in [0.15, 0.2) is 0 Å². The first-order valence-electron chi connectivity index (χ1n) is 21.9. The van der Waals surface area contributed by atoms with Crippen LogP contribution in [-0.2, 0) is 61.8 Å². The summed E-state index contributed by atoms with van der Waals surface area (Å²) in [6, 6.07) is 36.6. The zero-order valence-corrected chi connectivity index (χ0v) is 44.7. The van der Waals surface area contributed by atoms with Crippen LogP contribution in [0.25, 0.3) is 0 Å². The predicted molar refractivity (Wildman–Crippen MR) is 275 cm³/mol. The van der Waals surface area contributed by atoms with Crippen molar-refractivity contribution in [1.29, 1.82) is 0 Å². The van der Waals surface area contributed by atoms with Crippen LogP contribution in [0.1, 0.15) is 94.2 Å². The molecule has 0 unspecified atom stereocenters. The van der Waals surface area contributed by atoms with E-state index in [1.165, 1.54) is 39.6 Å². The number of rotatable bonds is 16. The van der Waals surface area contributed by atoms with E-state index in [1.807, 2.05) is 71.2 Å². The smallest absolute Gasteiger partial charge is 1.00 e. The Morgan fingerprint density at radius 2 is 1.09 bits per heavy atom. The first kappa shape index (κ1) is 52.5. The van der Waals surface area contributed by atoms with Crippen molar-refractivity contribution in [2.75, 3.05) is 13.1 Å². The van der Waals surface area contributed by atoms with Gasteiger partial charge >= 0.3 is 43.7 Å². The van der Waals surface area contributed by atoms with Gasteiger partial charge in [0.05, 0.1) is 25.8 Å². The maximum absolute atomic E-state index is 11.1. The van der Waals surface area contributed by atoms with Gasteiger partial charge in [0, 0.05) is 61.4 Å². The Balaban J connectivity index is 0.000000247. The van der Waals surface area contributed by atoms with Crippen molar-refractivity contribution in [3.8, 4) is 35.2 Å². The molecule has 1 N–H and O–H groups in total. The minimum Gasteiger partial charge on any atom is -1.00 e. The molecule has 0 bridgehead atoms. The van der Waals surface area contributed by atoms with Crippen molar-refractivity contribution >= 4 is 104 Å². The molecule has 4 heterocycles. The molecular formula is C54H52Br2CaN2O6S2. The summed E-state index contributed by atoms with van der Waals surface area (Å²) < 4.78 is 14.4. The summed E-state index contributed by atoms with van der Waals surface area (Å²) in [4.78, 5) is 30.1. The van der Waals surface area contributed by atoms with Crippen molar-refractivity contribution in [1.82, 2.24) is 9.80 Å². The summed E-state index contributed by atoms with van der Waals surface area (Å²) in [7, 11) is 0. The molecule has 13 heteroatoms. The number of carboxylic acid groups (broad SMARTS) is 2. The van der Waals surface area contributed by atoms with Crippen LogP contribution in [-0.4, -0.2) is 77.7 Å². The third-order valence-electron chi connectivity index (χ3n) is 11.4. The molecule has 4 aromatic carbocycles. The van der Waals surface area contributed by atoms with Crippen LogP contribution in [0.3, 0.4) is 0 Å². The van der Waals surface area contributed by atoms with Crippen LogP contribution < -0.4 is 14.6 Å². The Bertz CT molecular complexity index is 2550. The number of carboxylic acids is 2. The first-order chi connectivity index (χ1) is 32.0. The van der Waals surface area contributed by atoms with Crippen LogP contribution >= 0.6 is 54.5 Å². The minimum absolute atomic E-state index is 0. The van der Waals surface area contributed by atoms with Crippen molar-refractivity contribution < 1.29 is 30.7 Å². The van der Waals surface area contributed by atoms with Crippen molar-refractivity contribution in [2.24, 2.45) is 0 Å². The van der Waals surface area contributed by atoms with Gasteiger partial charge in [-0.05, 0) is 139 Å². The molecule has 2 aromatic heterocycles. The number of thiophene rings is 2. The Morgan fingerprint density at radius 3 is 1.49 bits per heavy atom. The van der Waals surface area contributed by atoms with E-state index in [9.17, 15) is 14.7 Å². The van der Waals surface area contributed by atoms with Gasteiger partial charge in [-0.15, -0.1) is 34.5 Å². The van der Waals surface area contributed by atoms with Gasteiger partial charge in [-0.3, -0.25) is 14.6 Å². The van der Waals surface area contributed by atoms with Gasteiger partial charge in [0.25, 0.3) is 0 Å². The average molecular weight is 1090 g/mol. The zero-order chi connectivity index (χ0) is 46.4. The molecule has 0 saturated heterocycles. The van der Waals surface area contributed by atoms with E-state index in [0.29, 0.717) is 13.2 Å². The Kier molecular flexibility index (Phi) is 20.5. The molecule has 8 rings (SSSR count). The van der Waals surface area contributed by atoms with E-state index in [1.54, 1.807) is 13.8 Å². The summed E-state index contributed by atoms with van der Waals surface area (Å²) in [5.74, 6) is 10.4. The average Bonchev–Trinajstić information content (AvgIpc) is 3.87. The second-order valence-corrected chi connectivity index (χ2v) is 21.4. The number of aliphatic carboxylic acids is 2.